The molecule has 3 heterocycles. The molecule has 1 amide bonds. The summed E-state index contributed by atoms with van der Waals surface area (Å²) < 4.78 is 7.54. The Bertz CT molecular complexity index is 535. The van der Waals surface area contributed by atoms with E-state index in [9.17, 15) is 4.79 Å². The minimum absolute atomic E-state index is 0.200. The van der Waals surface area contributed by atoms with E-state index in [4.69, 9.17) is 4.74 Å². The van der Waals surface area contributed by atoms with Gasteiger partial charge in [0.25, 0.3) is 0 Å². The topological polar surface area (TPSA) is 59.4 Å². The molecule has 0 radical (unpaired) electrons. The average molecular weight is 320 g/mol. The van der Waals surface area contributed by atoms with Crippen molar-refractivity contribution in [3.63, 3.8) is 0 Å². The third-order valence-electron chi connectivity index (χ3n) is 4.64. The van der Waals surface area contributed by atoms with Crippen molar-refractivity contribution < 1.29 is 9.53 Å². The van der Waals surface area contributed by atoms with Gasteiger partial charge < -0.3 is 15.0 Å². The molecule has 6 heteroatoms. The SMILES string of the molecule is CC(C)(C)OC(=O)N1CCC(n2cc(C3CCNC3)cn2)CC1. The van der Waals surface area contributed by atoms with Gasteiger partial charge in [-0.05, 0) is 52.1 Å². The lowest BCUT2D eigenvalue weighted by molar-refractivity contribution is 0.0185. The zero-order valence-corrected chi connectivity index (χ0v) is 14.4. The van der Waals surface area contributed by atoms with Crippen molar-refractivity contribution in [3.05, 3.63) is 18.0 Å². The Kier molecular flexibility index (Phi) is 4.62. The molecule has 0 bridgehead atoms. The molecule has 0 spiro atoms. The second kappa shape index (κ2) is 6.51. The molecule has 6 nitrogen and oxygen atoms in total. The van der Waals surface area contributed by atoms with Crippen LogP contribution in [0.1, 0.15) is 57.6 Å². The van der Waals surface area contributed by atoms with Crippen LogP contribution in [0.3, 0.4) is 0 Å². The zero-order chi connectivity index (χ0) is 16.4. The number of ether oxygens (including phenoxy) is 1. The Morgan fingerprint density at radius 3 is 2.65 bits per heavy atom. The highest BCUT2D eigenvalue weighted by Gasteiger charge is 2.28. The summed E-state index contributed by atoms with van der Waals surface area (Å²) >= 11 is 0. The van der Waals surface area contributed by atoms with Crippen molar-refractivity contribution >= 4 is 6.09 Å². The van der Waals surface area contributed by atoms with Gasteiger partial charge in [-0.25, -0.2) is 4.79 Å². The van der Waals surface area contributed by atoms with Crippen molar-refractivity contribution in [1.29, 1.82) is 0 Å². The zero-order valence-electron chi connectivity index (χ0n) is 14.4. The number of nitrogens with one attached hydrogen (secondary N) is 1. The number of hydrogen-bond acceptors (Lipinski definition) is 4. The fourth-order valence-electron chi connectivity index (χ4n) is 3.34. The summed E-state index contributed by atoms with van der Waals surface area (Å²) in [6.45, 7) is 9.34. The maximum Gasteiger partial charge on any atom is 0.410 e. The lowest BCUT2D eigenvalue weighted by Crippen LogP contribution is -2.42. The van der Waals surface area contributed by atoms with Crippen LogP contribution in [0.15, 0.2) is 12.4 Å². The van der Waals surface area contributed by atoms with E-state index >= 15 is 0 Å². The van der Waals surface area contributed by atoms with E-state index in [0.717, 1.165) is 39.0 Å². The molecule has 1 unspecified atom stereocenters. The molecule has 2 aliphatic rings. The van der Waals surface area contributed by atoms with Crippen LogP contribution in [0.4, 0.5) is 4.79 Å². The molecule has 1 aromatic rings. The summed E-state index contributed by atoms with van der Waals surface area (Å²) in [7, 11) is 0. The number of piperidine rings is 1. The Morgan fingerprint density at radius 2 is 2.04 bits per heavy atom. The number of rotatable bonds is 2. The van der Waals surface area contributed by atoms with Gasteiger partial charge in [-0.1, -0.05) is 0 Å². The molecule has 23 heavy (non-hydrogen) atoms. The molecular formula is C17H28N4O2. The summed E-state index contributed by atoms with van der Waals surface area (Å²) in [5.74, 6) is 0.602. The van der Waals surface area contributed by atoms with E-state index < -0.39 is 5.60 Å². The van der Waals surface area contributed by atoms with E-state index in [1.165, 1.54) is 12.0 Å². The Morgan fingerprint density at radius 1 is 1.30 bits per heavy atom. The standard InChI is InChI=1S/C17H28N4O2/c1-17(2,3)23-16(22)20-8-5-15(6-9-20)21-12-14(11-19-21)13-4-7-18-10-13/h11-13,15,18H,4-10H2,1-3H3. The third-order valence-corrected chi connectivity index (χ3v) is 4.64. The lowest BCUT2D eigenvalue weighted by Gasteiger charge is -2.33. The molecule has 3 rings (SSSR count). The van der Waals surface area contributed by atoms with Crippen molar-refractivity contribution in [2.45, 2.75) is 57.6 Å². The summed E-state index contributed by atoms with van der Waals surface area (Å²) in [4.78, 5) is 13.9. The van der Waals surface area contributed by atoms with Crippen LogP contribution in [-0.4, -0.2) is 52.6 Å². The molecule has 0 saturated carbocycles. The Labute approximate surface area is 138 Å². The van der Waals surface area contributed by atoms with Gasteiger partial charge in [0.15, 0.2) is 0 Å². The minimum Gasteiger partial charge on any atom is -0.444 e. The van der Waals surface area contributed by atoms with E-state index in [-0.39, 0.29) is 6.09 Å². The number of likely N-dealkylation sites (tertiary alicyclic amines) is 1. The molecule has 1 N–H and O–H groups in total. The van der Waals surface area contributed by atoms with Gasteiger partial charge in [-0.2, -0.15) is 5.10 Å². The van der Waals surface area contributed by atoms with Crippen LogP contribution in [0.25, 0.3) is 0 Å². The number of carbonyl (C=O) groups excluding carboxylic acids is 1. The molecule has 128 valence electrons. The van der Waals surface area contributed by atoms with E-state index in [1.807, 2.05) is 31.9 Å². The van der Waals surface area contributed by atoms with E-state index in [1.54, 1.807) is 0 Å². The van der Waals surface area contributed by atoms with Crippen LogP contribution in [-0.2, 0) is 4.74 Å². The van der Waals surface area contributed by atoms with Crippen molar-refractivity contribution in [3.8, 4) is 0 Å². The van der Waals surface area contributed by atoms with Crippen molar-refractivity contribution in [1.82, 2.24) is 20.0 Å². The number of carbonyl (C=O) groups is 1. The molecule has 2 aliphatic heterocycles. The van der Waals surface area contributed by atoms with Crippen LogP contribution < -0.4 is 5.32 Å². The predicted octanol–water partition coefficient (Wildman–Crippen LogP) is 2.53. The quantitative estimate of drug-likeness (QED) is 0.910. The maximum absolute atomic E-state index is 12.1. The normalized spacial score (nSPS) is 23.3. The number of nitrogens with zero attached hydrogens (tertiary/aromatic N) is 3. The number of aromatic nitrogens is 2. The summed E-state index contributed by atoms with van der Waals surface area (Å²) in [5, 5.41) is 7.97. The minimum atomic E-state index is -0.430. The first-order valence-corrected chi connectivity index (χ1v) is 8.65. The fourth-order valence-corrected chi connectivity index (χ4v) is 3.34. The van der Waals surface area contributed by atoms with Crippen molar-refractivity contribution in [2.75, 3.05) is 26.2 Å². The Balaban J connectivity index is 1.53. The number of hydrogen-bond donors (Lipinski definition) is 1. The Hall–Kier alpha value is -1.56. The smallest absolute Gasteiger partial charge is 0.410 e. The summed E-state index contributed by atoms with van der Waals surface area (Å²) in [6, 6.07) is 0.386. The second-order valence-corrected chi connectivity index (χ2v) is 7.64. The lowest BCUT2D eigenvalue weighted by atomic mass is 10.0. The van der Waals surface area contributed by atoms with Crippen molar-refractivity contribution in [2.24, 2.45) is 0 Å². The van der Waals surface area contributed by atoms with Gasteiger partial charge in [-0.3, -0.25) is 4.68 Å². The molecule has 2 fully saturated rings. The van der Waals surface area contributed by atoms with Gasteiger partial charge in [0, 0.05) is 31.7 Å². The van der Waals surface area contributed by atoms with Gasteiger partial charge >= 0.3 is 6.09 Å². The van der Waals surface area contributed by atoms with Crippen LogP contribution in [0, 0.1) is 0 Å². The molecule has 0 aliphatic carbocycles. The summed E-state index contributed by atoms with van der Waals surface area (Å²) in [5.41, 5.74) is 0.907. The van der Waals surface area contributed by atoms with E-state index in [0.29, 0.717) is 12.0 Å². The van der Waals surface area contributed by atoms with Gasteiger partial charge in [0.2, 0.25) is 0 Å². The van der Waals surface area contributed by atoms with Crippen LogP contribution >= 0.6 is 0 Å². The van der Waals surface area contributed by atoms with Crippen LogP contribution in [0.5, 0.6) is 0 Å². The highest BCUT2D eigenvalue weighted by atomic mass is 16.6. The highest BCUT2D eigenvalue weighted by Crippen LogP contribution is 2.27. The molecule has 1 atom stereocenters. The van der Waals surface area contributed by atoms with Crippen LogP contribution in [0.2, 0.25) is 0 Å². The summed E-state index contributed by atoms with van der Waals surface area (Å²) in [6.07, 6.45) is 7.08. The first-order chi connectivity index (χ1) is 10.9. The second-order valence-electron chi connectivity index (χ2n) is 7.64. The van der Waals surface area contributed by atoms with E-state index in [2.05, 4.69) is 21.3 Å². The first-order valence-electron chi connectivity index (χ1n) is 8.65. The molecule has 1 aromatic heterocycles. The molecular weight excluding hydrogens is 292 g/mol. The third kappa shape index (κ3) is 4.05. The van der Waals surface area contributed by atoms with Gasteiger partial charge in [0.1, 0.15) is 5.60 Å². The van der Waals surface area contributed by atoms with Gasteiger partial charge in [0.05, 0.1) is 12.2 Å². The maximum atomic E-state index is 12.1. The number of amides is 1. The largest absolute Gasteiger partial charge is 0.444 e. The monoisotopic (exact) mass is 320 g/mol. The predicted molar refractivity (Wildman–Crippen MR) is 88.5 cm³/mol. The fraction of sp³-hybridized carbons (Fsp3) is 0.765. The average Bonchev–Trinajstić information content (AvgIpc) is 3.17. The molecule has 0 aromatic carbocycles. The molecule has 2 saturated heterocycles. The highest BCUT2D eigenvalue weighted by molar-refractivity contribution is 5.68. The first kappa shape index (κ1) is 16.3. The van der Waals surface area contributed by atoms with Gasteiger partial charge in [-0.15, -0.1) is 0 Å².